The molecule has 0 saturated heterocycles. The minimum atomic E-state index is -0.353. The quantitative estimate of drug-likeness (QED) is 0.479. The average molecular weight is 424 g/mol. The molecule has 28 heavy (non-hydrogen) atoms. The van der Waals surface area contributed by atoms with Crippen LogP contribution in [0.15, 0.2) is 54.7 Å². The Hall–Kier alpha value is -2.21. The molecule has 0 aliphatic heterocycles. The van der Waals surface area contributed by atoms with Gasteiger partial charge in [0.05, 0.1) is 13.3 Å². The van der Waals surface area contributed by atoms with Gasteiger partial charge in [0.25, 0.3) is 0 Å². The van der Waals surface area contributed by atoms with Crippen molar-refractivity contribution < 1.29 is 9.53 Å². The number of rotatable bonds is 8. The number of H-pyrrole nitrogens is 1. The average Bonchev–Trinajstić information content (AvgIpc) is 3.08. The fraction of sp³-hybridized carbons (Fsp3) is 0.286. The van der Waals surface area contributed by atoms with Gasteiger partial charge in [0.2, 0.25) is 5.91 Å². The summed E-state index contributed by atoms with van der Waals surface area (Å²) in [5.41, 5.74) is 9.46. The van der Waals surface area contributed by atoms with Gasteiger partial charge in [-0.3, -0.25) is 4.79 Å². The summed E-state index contributed by atoms with van der Waals surface area (Å²) in [4.78, 5) is 15.4. The Morgan fingerprint density at radius 2 is 1.79 bits per heavy atom. The number of halogens is 2. The van der Waals surface area contributed by atoms with Gasteiger partial charge >= 0.3 is 0 Å². The van der Waals surface area contributed by atoms with E-state index in [1.54, 1.807) is 7.11 Å². The molecule has 1 heterocycles. The molecule has 1 amide bonds. The van der Waals surface area contributed by atoms with Crippen molar-refractivity contribution in [3.05, 3.63) is 65.9 Å². The van der Waals surface area contributed by atoms with E-state index in [1.165, 1.54) is 10.9 Å². The van der Waals surface area contributed by atoms with Crippen molar-refractivity contribution in [1.29, 1.82) is 0 Å². The highest BCUT2D eigenvalue weighted by Crippen LogP contribution is 2.20. The van der Waals surface area contributed by atoms with Gasteiger partial charge in [0.15, 0.2) is 0 Å². The fourth-order valence-corrected chi connectivity index (χ4v) is 3.16. The van der Waals surface area contributed by atoms with Gasteiger partial charge in [-0.25, -0.2) is 0 Å². The second-order valence-electron chi connectivity index (χ2n) is 6.38. The maximum absolute atomic E-state index is 12.2. The van der Waals surface area contributed by atoms with Gasteiger partial charge in [0, 0.05) is 23.5 Å². The lowest BCUT2D eigenvalue weighted by Gasteiger charge is -2.14. The van der Waals surface area contributed by atoms with Crippen LogP contribution < -0.4 is 15.8 Å². The van der Waals surface area contributed by atoms with Crippen molar-refractivity contribution in [2.45, 2.75) is 31.8 Å². The van der Waals surface area contributed by atoms with Crippen LogP contribution in [0.4, 0.5) is 0 Å². The molecular weight excluding hydrogens is 397 g/mol. The standard InChI is InChI=1S/C21H25N3O2.2ClH/c1-26-19-9-5-2-6-15(19)11-13-21(25)24-20(22)12-10-16-14-23-18-8-4-3-7-17(16)18;;/h2-9,14,20,23H,10-13,22H2,1H3,(H,24,25);2*1H. The van der Waals surface area contributed by atoms with Crippen molar-refractivity contribution in [1.82, 2.24) is 10.3 Å². The number of hydrogen-bond donors (Lipinski definition) is 3. The number of aryl methyl sites for hydroxylation is 2. The van der Waals surface area contributed by atoms with Gasteiger partial charge in [-0.1, -0.05) is 36.4 Å². The van der Waals surface area contributed by atoms with Crippen LogP contribution in [-0.4, -0.2) is 24.2 Å². The highest BCUT2D eigenvalue weighted by molar-refractivity contribution is 5.85. The molecule has 3 aromatic rings. The van der Waals surface area contributed by atoms with Gasteiger partial charge in [0.1, 0.15) is 5.75 Å². The molecule has 0 fully saturated rings. The number of nitrogens with one attached hydrogen (secondary N) is 2. The molecule has 4 N–H and O–H groups in total. The number of carbonyl (C=O) groups is 1. The number of para-hydroxylation sites is 2. The van der Waals surface area contributed by atoms with Crippen LogP contribution >= 0.6 is 24.8 Å². The van der Waals surface area contributed by atoms with Crippen molar-refractivity contribution in [3.63, 3.8) is 0 Å². The van der Waals surface area contributed by atoms with E-state index in [1.807, 2.05) is 42.6 Å². The molecular formula is C21H27Cl2N3O2. The summed E-state index contributed by atoms with van der Waals surface area (Å²) >= 11 is 0. The molecule has 2 aromatic carbocycles. The van der Waals surface area contributed by atoms with Crippen LogP contribution in [-0.2, 0) is 17.6 Å². The first-order chi connectivity index (χ1) is 12.7. The predicted octanol–water partition coefficient (Wildman–Crippen LogP) is 3.99. The van der Waals surface area contributed by atoms with Crippen LogP contribution in [0.5, 0.6) is 5.75 Å². The Labute approximate surface area is 177 Å². The smallest absolute Gasteiger partial charge is 0.221 e. The summed E-state index contributed by atoms with van der Waals surface area (Å²) in [6.45, 7) is 0. The number of nitrogens with two attached hydrogens (primary N) is 1. The molecule has 1 atom stereocenters. The van der Waals surface area contributed by atoms with E-state index >= 15 is 0 Å². The van der Waals surface area contributed by atoms with E-state index in [0.29, 0.717) is 19.3 Å². The van der Waals surface area contributed by atoms with E-state index in [4.69, 9.17) is 10.5 Å². The SMILES string of the molecule is COc1ccccc1CCC(=O)NC(N)CCc1c[nH]c2ccccc12.Cl.Cl. The van der Waals surface area contributed by atoms with Crippen molar-refractivity contribution in [2.75, 3.05) is 7.11 Å². The molecule has 0 spiro atoms. The summed E-state index contributed by atoms with van der Waals surface area (Å²) in [5.74, 6) is 0.770. The maximum atomic E-state index is 12.2. The van der Waals surface area contributed by atoms with Crippen LogP contribution in [0.25, 0.3) is 10.9 Å². The Kier molecular flexibility index (Phi) is 9.87. The first-order valence-corrected chi connectivity index (χ1v) is 8.89. The summed E-state index contributed by atoms with van der Waals surface area (Å²) in [6, 6.07) is 15.9. The lowest BCUT2D eigenvalue weighted by molar-refractivity contribution is -0.121. The van der Waals surface area contributed by atoms with E-state index in [-0.39, 0.29) is 36.9 Å². The van der Waals surface area contributed by atoms with Gasteiger partial charge in [-0.05, 0) is 42.5 Å². The Morgan fingerprint density at radius 3 is 2.57 bits per heavy atom. The summed E-state index contributed by atoms with van der Waals surface area (Å²) in [5, 5.41) is 4.10. The molecule has 0 bridgehead atoms. The number of carbonyl (C=O) groups excluding carboxylic acids is 1. The summed E-state index contributed by atoms with van der Waals surface area (Å²) in [7, 11) is 1.64. The van der Waals surface area contributed by atoms with Gasteiger partial charge < -0.3 is 20.8 Å². The molecule has 5 nitrogen and oxygen atoms in total. The summed E-state index contributed by atoms with van der Waals surface area (Å²) < 4.78 is 5.31. The first-order valence-electron chi connectivity index (χ1n) is 8.89. The zero-order valence-corrected chi connectivity index (χ0v) is 17.4. The number of aromatic amines is 1. The maximum Gasteiger partial charge on any atom is 0.221 e. The third-order valence-corrected chi connectivity index (χ3v) is 4.56. The van der Waals surface area contributed by atoms with Crippen molar-refractivity contribution >= 4 is 41.6 Å². The molecule has 3 rings (SSSR count). The molecule has 0 saturated carbocycles. The number of methoxy groups -OCH3 is 1. The number of aromatic nitrogens is 1. The second-order valence-corrected chi connectivity index (χ2v) is 6.38. The molecule has 0 radical (unpaired) electrons. The number of benzene rings is 2. The normalized spacial score (nSPS) is 11.2. The van der Waals surface area contributed by atoms with Crippen molar-refractivity contribution in [2.24, 2.45) is 5.73 Å². The van der Waals surface area contributed by atoms with E-state index in [9.17, 15) is 4.79 Å². The monoisotopic (exact) mass is 423 g/mol. The lowest BCUT2D eigenvalue weighted by Crippen LogP contribution is -2.41. The third-order valence-electron chi connectivity index (χ3n) is 4.56. The molecule has 1 aromatic heterocycles. The Balaban J connectivity index is 0.00000196. The first kappa shape index (κ1) is 23.8. The minimum Gasteiger partial charge on any atom is -0.496 e. The van der Waals surface area contributed by atoms with Crippen LogP contribution in [0.2, 0.25) is 0 Å². The van der Waals surface area contributed by atoms with E-state index in [0.717, 1.165) is 23.3 Å². The van der Waals surface area contributed by atoms with Gasteiger partial charge in [-0.15, -0.1) is 24.8 Å². The van der Waals surface area contributed by atoms with Crippen LogP contribution in [0, 0.1) is 0 Å². The molecule has 1 unspecified atom stereocenters. The van der Waals surface area contributed by atoms with Crippen molar-refractivity contribution in [3.8, 4) is 5.75 Å². The second kappa shape index (κ2) is 11.6. The van der Waals surface area contributed by atoms with Gasteiger partial charge in [-0.2, -0.15) is 0 Å². The van der Waals surface area contributed by atoms with Crippen LogP contribution in [0.1, 0.15) is 24.0 Å². The minimum absolute atomic E-state index is 0. The highest BCUT2D eigenvalue weighted by atomic mass is 35.5. The zero-order valence-electron chi connectivity index (χ0n) is 15.8. The predicted molar refractivity (Wildman–Crippen MR) is 119 cm³/mol. The summed E-state index contributed by atoms with van der Waals surface area (Å²) in [6.07, 6.45) is 4.20. The number of hydrogen-bond acceptors (Lipinski definition) is 3. The fourth-order valence-electron chi connectivity index (χ4n) is 3.16. The largest absolute Gasteiger partial charge is 0.496 e. The Morgan fingerprint density at radius 1 is 1.07 bits per heavy atom. The molecule has 0 aliphatic rings. The molecule has 0 aliphatic carbocycles. The Bertz CT molecular complexity index is 883. The van der Waals surface area contributed by atoms with Crippen LogP contribution in [0.3, 0.4) is 0 Å². The number of amides is 1. The zero-order chi connectivity index (χ0) is 18.4. The van der Waals surface area contributed by atoms with E-state index in [2.05, 4.69) is 22.4 Å². The number of fused-ring (bicyclic) bond motifs is 1. The lowest BCUT2D eigenvalue weighted by atomic mass is 10.1. The molecule has 152 valence electrons. The highest BCUT2D eigenvalue weighted by Gasteiger charge is 2.11. The van der Waals surface area contributed by atoms with E-state index < -0.39 is 0 Å². The topological polar surface area (TPSA) is 80.1 Å². The number of ether oxygens (including phenoxy) is 1. The molecule has 7 heteroatoms. The third kappa shape index (κ3) is 6.16.